The number of rotatable bonds is 4. The van der Waals surface area contributed by atoms with E-state index in [9.17, 15) is 4.79 Å². The average molecular weight is 353 g/mol. The molecule has 0 saturated carbocycles. The van der Waals surface area contributed by atoms with E-state index in [2.05, 4.69) is 15.5 Å². The smallest absolute Gasteiger partial charge is 0.234 e. The van der Waals surface area contributed by atoms with Crippen molar-refractivity contribution >= 4 is 52.2 Å². The number of thioether (sulfide) groups is 1. The number of nitrogens with zero attached hydrogens (tertiary/aromatic N) is 3. The van der Waals surface area contributed by atoms with Gasteiger partial charge < -0.3 is 5.32 Å². The highest BCUT2D eigenvalue weighted by molar-refractivity contribution is 7.99. The summed E-state index contributed by atoms with van der Waals surface area (Å²) in [6, 6.07) is 10.5. The van der Waals surface area contributed by atoms with E-state index in [-0.39, 0.29) is 11.7 Å². The maximum Gasteiger partial charge on any atom is 0.234 e. The Kier molecular flexibility index (Phi) is 4.52. The molecule has 0 bridgehead atoms. The van der Waals surface area contributed by atoms with E-state index in [0.717, 1.165) is 5.65 Å². The molecule has 0 spiro atoms. The molecule has 112 valence electrons. The minimum Gasteiger partial charge on any atom is -0.324 e. The molecule has 0 aliphatic rings. The van der Waals surface area contributed by atoms with Crippen molar-refractivity contribution in [3.05, 3.63) is 52.6 Å². The van der Waals surface area contributed by atoms with Crippen LogP contribution in [0.5, 0.6) is 0 Å². The minimum absolute atomic E-state index is 0.179. The molecule has 0 unspecified atom stereocenters. The topological polar surface area (TPSA) is 59.3 Å². The Bertz CT molecular complexity index is 837. The summed E-state index contributed by atoms with van der Waals surface area (Å²) in [5.41, 5.74) is 1.27. The van der Waals surface area contributed by atoms with E-state index in [0.29, 0.717) is 20.9 Å². The van der Waals surface area contributed by atoms with Gasteiger partial charge in [-0.15, -0.1) is 10.2 Å². The third-order valence-corrected chi connectivity index (χ3v) is 4.31. The first-order chi connectivity index (χ1) is 10.6. The van der Waals surface area contributed by atoms with Crippen LogP contribution in [0, 0.1) is 0 Å². The predicted octanol–water partition coefficient (Wildman–Crippen LogP) is 3.77. The first-order valence-corrected chi connectivity index (χ1v) is 8.05. The Hall–Kier alpha value is -1.76. The Morgan fingerprint density at radius 3 is 2.91 bits per heavy atom. The van der Waals surface area contributed by atoms with Gasteiger partial charge in [0.15, 0.2) is 10.8 Å². The number of pyridine rings is 1. The lowest BCUT2D eigenvalue weighted by molar-refractivity contribution is -0.113. The van der Waals surface area contributed by atoms with Gasteiger partial charge in [0.05, 0.1) is 16.5 Å². The van der Waals surface area contributed by atoms with Gasteiger partial charge in [0.25, 0.3) is 0 Å². The van der Waals surface area contributed by atoms with Crippen LogP contribution in [0.2, 0.25) is 10.0 Å². The van der Waals surface area contributed by atoms with Crippen LogP contribution < -0.4 is 5.32 Å². The highest BCUT2D eigenvalue weighted by Crippen LogP contribution is 2.25. The van der Waals surface area contributed by atoms with E-state index in [1.165, 1.54) is 11.8 Å². The molecule has 1 aromatic carbocycles. The van der Waals surface area contributed by atoms with Crippen LogP contribution in [0.15, 0.2) is 47.8 Å². The normalized spacial score (nSPS) is 10.8. The number of fused-ring (bicyclic) bond motifs is 1. The van der Waals surface area contributed by atoms with Crippen molar-refractivity contribution in [1.82, 2.24) is 14.6 Å². The van der Waals surface area contributed by atoms with Crippen molar-refractivity contribution in [2.45, 2.75) is 5.16 Å². The fraction of sp³-hybridized carbons (Fsp3) is 0.0714. The fourth-order valence-corrected chi connectivity index (χ4v) is 3.01. The number of amides is 1. The number of nitrogens with one attached hydrogen (secondary N) is 1. The van der Waals surface area contributed by atoms with Gasteiger partial charge in [0.1, 0.15) is 0 Å². The molecule has 0 fully saturated rings. The summed E-state index contributed by atoms with van der Waals surface area (Å²) >= 11 is 13.1. The maximum absolute atomic E-state index is 12.0. The van der Waals surface area contributed by atoms with Gasteiger partial charge in [-0.2, -0.15) is 0 Å². The van der Waals surface area contributed by atoms with Crippen LogP contribution in [-0.4, -0.2) is 26.3 Å². The van der Waals surface area contributed by atoms with E-state index in [1.54, 1.807) is 18.2 Å². The van der Waals surface area contributed by atoms with Gasteiger partial charge in [-0.05, 0) is 30.3 Å². The lowest BCUT2D eigenvalue weighted by atomic mass is 10.3. The molecular formula is C14H10Cl2N4OS. The first-order valence-electron chi connectivity index (χ1n) is 6.31. The number of hydrogen-bond donors (Lipinski definition) is 1. The van der Waals surface area contributed by atoms with Crippen LogP contribution in [0.3, 0.4) is 0 Å². The number of benzene rings is 1. The number of hydrogen-bond acceptors (Lipinski definition) is 4. The summed E-state index contributed by atoms with van der Waals surface area (Å²) < 4.78 is 1.83. The molecular weight excluding hydrogens is 343 g/mol. The quantitative estimate of drug-likeness (QED) is 0.726. The molecule has 2 heterocycles. The second-order valence-corrected chi connectivity index (χ2v) is 6.16. The Balaban J connectivity index is 1.65. The largest absolute Gasteiger partial charge is 0.324 e. The van der Waals surface area contributed by atoms with Crippen molar-refractivity contribution in [3.63, 3.8) is 0 Å². The van der Waals surface area contributed by atoms with Gasteiger partial charge in [0, 0.05) is 11.2 Å². The first kappa shape index (κ1) is 15.1. The zero-order valence-corrected chi connectivity index (χ0v) is 13.5. The van der Waals surface area contributed by atoms with Crippen LogP contribution >= 0.6 is 35.0 Å². The highest BCUT2D eigenvalue weighted by Gasteiger charge is 2.10. The fourth-order valence-electron chi connectivity index (χ4n) is 1.83. The molecule has 1 N–H and O–H groups in total. The SMILES string of the molecule is O=C(CSc1nnc2ccccn12)Nc1ccc(Cl)cc1Cl. The van der Waals surface area contributed by atoms with Gasteiger partial charge >= 0.3 is 0 Å². The van der Waals surface area contributed by atoms with Crippen molar-refractivity contribution in [2.24, 2.45) is 0 Å². The van der Waals surface area contributed by atoms with Crippen molar-refractivity contribution in [3.8, 4) is 0 Å². The zero-order chi connectivity index (χ0) is 15.5. The number of carbonyl (C=O) groups is 1. The lowest BCUT2D eigenvalue weighted by Gasteiger charge is -2.06. The van der Waals surface area contributed by atoms with Crippen LogP contribution in [0.4, 0.5) is 5.69 Å². The third-order valence-electron chi connectivity index (χ3n) is 2.82. The van der Waals surface area contributed by atoms with Crippen LogP contribution in [-0.2, 0) is 4.79 Å². The predicted molar refractivity (Wildman–Crippen MR) is 88.8 cm³/mol. The monoisotopic (exact) mass is 352 g/mol. The van der Waals surface area contributed by atoms with Crippen LogP contribution in [0.1, 0.15) is 0 Å². The van der Waals surface area contributed by atoms with Gasteiger partial charge in [-0.25, -0.2) is 0 Å². The molecule has 5 nitrogen and oxygen atoms in total. The standard InChI is InChI=1S/C14H10Cl2N4OS/c15-9-4-5-11(10(16)7-9)17-13(21)8-22-14-19-18-12-3-1-2-6-20(12)14/h1-7H,8H2,(H,17,21). The van der Waals surface area contributed by atoms with Crippen molar-refractivity contribution in [2.75, 3.05) is 11.1 Å². The molecule has 3 rings (SSSR count). The molecule has 0 atom stereocenters. The van der Waals surface area contributed by atoms with E-state index < -0.39 is 0 Å². The molecule has 0 radical (unpaired) electrons. The van der Waals surface area contributed by atoms with E-state index >= 15 is 0 Å². The number of aromatic nitrogens is 3. The number of anilines is 1. The second-order valence-electron chi connectivity index (χ2n) is 4.37. The molecule has 3 aromatic rings. The lowest BCUT2D eigenvalue weighted by Crippen LogP contribution is -2.14. The average Bonchev–Trinajstić information content (AvgIpc) is 2.91. The Labute approximate surface area is 140 Å². The number of halogens is 2. The van der Waals surface area contributed by atoms with Gasteiger partial charge in [-0.3, -0.25) is 9.20 Å². The molecule has 0 aliphatic carbocycles. The third kappa shape index (κ3) is 3.35. The second kappa shape index (κ2) is 6.56. The number of carbonyl (C=O) groups excluding carboxylic acids is 1. The Morgan fingerprint density at radius 2 is 2.09 bits per heavy atom. The van der Waals surface area contributed by atoms with Crippen molar-refractivity contribution < 1.29 is 4.79 Å². The molecule has 22 heavy (non-hydrogen) atoms. The summed E-state index contributed by atoms with van der Waals surface area (Å²) in [6.07, 6.45) is 1.85. The maximum atomic E-state index is 12.0. The summed E-state index contributed by atoms with van der Waals surface area (Å²) in [6.45, 7) is 0. The summed E-state index contributed by atoms with van der Waals surface area (Å²) in [5.74, 6) is 0.0242. The molecule has 8 heteroatoms. The Morgan fingerprint density at radius 1 is 1.23 bits per heavy atom. The summed E-state index contributed by atoms with van der Waals surface area (Å²) in [7, 11) is 0. The van der Waals surface area contributed by atoms with E-state index in [1.807, 2.05) is 28.8 Å². The van der Waals surface area contributed by atoms with Crippen LogP contribution in [0.25, 0.3) is 5.65 Å². The molecule has 2 aromatic heterocycles. The molecule has 0 saturated heterocycles. The highest BCUT2D eigenvalue weighted by atomic mass is 35.5. The zero-order valence-electron chi connectivity index (χ0n) is 11.2. The minimum atomic E-state index is -0.179. The molecule has 1 amide bonds. The molecule has 0 aliphatic heterocycles. The van der Waals surface area contributed by atoms with Gasteiger partial charge in [0.2, 0.25) is 5.91 Å². The summed E-state index contributed by atoms with van der Waals surface area (Å²) in [5, 5.41) is 12.4. The summed E-state index contributed by atoms with van der Waals surface area (Å²) in [4.78, 5) is 12.0. The van der Waals surface area contributed by atoms with Crippen molar-refractivity contribution in [1.29, 1.82) is 0 Å². The van der Waals surface area contributed by atoms with Gasteiger partial charge in [-0.1, -0.05) is 41.0 Å². The van der Waals surface area contributed by atoms with E-state index in [4.69, 9.17) is 23.2 Å².